The maximum atomic E-state index is 4.34. The van der Waals surface area contributed by atoms with E-state index in [-0.39, 0.29) is 0 Å². The van der Waals surface area contributed by atoms with Crippen LogP contribution in [0.4, 0.5) is 0 Å². The molecule has 1 N–H and O–H groups in total. The summed E-state index contributed by atoms with van der Waals surface area (Å²) in [6, 6.07) is 0. The van der Waals surface area contributed by atoms with Crippen molar-refractivity contribution in [2.75, 3.05) is 20.1 Å². The van der Waals surface area contributed by atoms with E-state index in [9.17, 15) is 0 Å². The predicted octanol–water partition coefficient (Wildman–Crippen LogP) is 1.98. The third-order valence-electron chi connectivity index (χ3n) is 2.67. The quantitative estimate of drug-likeness (QED) is 0.819. The number of nitrogens with zero attached hydrogens (tertiary/aromatic N) is 2. The largest absolute Gasteiger partial charge is 0.337 e. The third kappa shape index (κ3) is 2.11. The van der Waals surface area contributed by atoms with Gasteiger partial charge in [-0.1, -0.05) is 0 Å². The molecule has 1 aromatic rings. The fraction of sp³-hybridized carbons (Fsp3) is 0.667. The summed E-state index contributed by atoms with van der Waals surface area (Å²) >= 11 is 3.38. The van der Waals surface area contributed by atoms with Crippen LogP contribution in [0.15, 0.2) is 10.8 Å². The Bertz CT molecular complexity index is 276. The number of piperidine rings is 1. The van der Waals surface area contributed by atoms with Gasteiger partial charge in [0.15, 0.2) is 0 Å². The van der Waals surface area contributed by atoms with E-state index in [2.05, 4.69) is 37.8 Å². The number of hydrogen-bond acceptors (Lipinski definition) is 2. The van der Waals surface area contributed by atoms with Crippen LogP contribution in [-0.4, -0.2) is 35.0 Å². The zero-order chi connectivity index (χ0) is 9.26. The summed E-state index contributed by atoms with van der Waals surface area (Å²) in [4.78, 5) is 9.96. The highest BCUT2D eigenvalue weighted by Crippen LogP contribution is 2.25. The summed E-state index contributed by atoms with van der Waals surface area (Å²) in [6.45, 7) is 2.37. The molecule has 3 nitrogen and oxygen atoms in total. The van der Waals surface area contributed by atoms with Gasteiger partial charge in [0, 0.05) is 5.92 Å². The minimum Gasteiger partial charge on any atom is -0.337 e. The molecule has 1 aliphatic heterocycles. The van der Waals surface area contributed by atoms with Crippen LogP contribution in [0, 0.1) is 0 Å². The first-order valence-corrected chi connectivity index (χ1v) is 5.44. The number of halogens is 1. The Morgan fingerprint density at radius 2 is 2.23 bits per heavy atom. The molecule has 4 heteroatoms. The van der Waals surface area contributed by atoms with Crippen molar-refractivity contribution in [2.45, 2.75) is 18.8 Å². The van der Waals surface area contributed by atoms with Crippen molar-refractivity contribution in [3.05, 3.63) is 16.6 Å². The number of rotatable bonds is 1. The van der Waals surface area contributed by atoms with Crippen molar-refractivity contribution in [1.29, 1.82) is 0 Å². The molecule has 0 unspecified atom stereocenters. The highest BCUT2D eigenvalue weighted by Gasteiger charge is 2.20. The third-order valence-corrected chi connectivity index (χ3v) is 3.07. The number of nitrogens with one attached hydrogen (secondary N) is 1. The zero-order valence-corrected chi connectivity index (χ0v) is 9.34. The Kier molecular flexibility index (Phi) is 2.69. The minimum atomic E-state index is 0.627. The van der Waals surface area contributed by atoms with Crippen LogP contribution in [0.5, 0.6) is 0 Å². The van der Waals surface area contributed by atoms with Gasteiger partial charge >= 0.3 is 0 Å². The first-order chi connectivity index (χ1) is 6.25. The minimum absolute atomic E-state index is 0.627. The molecule has 1 aromatic heterocycles. The van der Waals surface area contributed by atoms with Gasteiger partial charge < -0.3 is 9.88 Å². The Hall–Kier alpha value is -0.350. The van der Waals surface area contributed by atoms with Gasteiger partial charge in [-0.2, -0.15) is 0 Å². The van der Waals surface area contributed by atoms with Crippen molar-refractivity contribution in [1.82, 2.24) is 14.9 Å². The molecule has 1 saturated heterocycles. The predicted molar refractivity (Wildman–Crippen MR) is 55.8 cm³/mol. The Morgan fingerprint density at radius 1 is 1.54 bits per heavy atom. The summed E-state index contributed by atoms with van der Waals surface area (Å²) in [5, 5.41) is 0. The molecule has 0 aliphatic carbocycles. The van der Waals surface area contributed by atoms with Crippen LogP contribution in [0.1, 0.15) is 24.6 Å². The number of H-pyrrole nitrogens is 1. The number of aromatic nitrogens is 2. The second-order valence-corrected chi connectivity index (χ2v) is 4.55. The van der Waals surface area contributed by atoms with Crippen molar-refractivity contribution in [3.8, 4) is 0 Å². The van der Waals surface area contributed by atoms with Crippen molar-refractivity contribution < 1.29 is 0 Å². The van der Waals surface area contributed by atoms with E-state index in [0.717, 1.165) is 10.4 Å². The SMILES string of the molecule is CN1CCC(c2ncc(Br)[nH]2)CC1. The lowest BCUT2D eigenvalue weighted by Gasteiger charge is -2.27. The second-order valence-electron chi connectivity index (χ2n) is 3.69. The van der Waals surface area contributed by atoms with Crippen LogP contribution in [0.25, 0.3) is 0 Å². The van der Waals surface area contributed by atoms with Gasteiger partial charge in [-0.05, 0) is 48.9 Å². The number of aromatic amines is 1. The lowest BCUT2D eigenvalue weighted by molar-refractivity contribution is 0.251. The molecule has 1 aliphatic rings. The zero-order valence-electron chi connectivity index (χ0n) is 7.76. The summed E-state index contributed by atoms with van der Waals surface area (Å²) in [6.07, 6.45) is 4.28. The molecule has 0 spiro atoms. The fourth-order valence-electron chi connectivity index (χ4n) is 1.80. The first kappa shape index (κ1) is 9.21. The number of likely N-dealkylation sites (tertiary alicyclic amines) is 1. The molecule has 0 atom stereocenters. The number of imidazole rings is 1. The van der Waals surface area contributed by atoms with Crippen LogP contribution < -0.4 is 0 Å². The highest BCUT2D eigenvalue weighted by molar-refractivity contribution is 9.10. The van der Waals surface area contributed by atoms with Gasteiger partial charge in [-0.15, -0.1) is 0 Å². The molecule has 0 radical (unpaired) electrons. The van der Waals surface area contributed by atoms with E-state index < -0.39 is 0 Å². The monoisotopic (exact) mass is 243 g/mol. The van der Waals surface area contributed by atoms with Crippen molar-refractivity contribution in [3.63, 3.8) is 0 Å². The molecular formula is C9H14BrN3. The highest BCUT2D eigenvalue weighted by atomic mass is 79.9. The Morgan fingerprint density at radius 3 is 2.77 bits per heavy atom. The average Bonchev–Trinajstić information content (AvgIpc) is 2.53. The fourth-order valence-corrected chi connectivity index (χ4v) is 2.11. The van der Waals surface area contributed by atoms with Gasteiger partial charge in [0.25, 0.3) is 0 Å². The lowest BCUT2D eigenvalue weighted by atomic mass is 9.97. The smallest absolute Gasteiger partial charge is 0.110 e. The van der Waals surface area contributed by atoms with E-state index in [1.54, 1.807) is 0 Å². The van der Waals surface area contributed by atoms with Gasteiger partial charge in [-0.3, -0.25) is 0 Å². The second kappa shape index (κ2) is 3.80. The summed E-state index contributed by atoms with van der Waals surface area (Å²) in [5.74, 6) is 1.77. The molecule has 0 amide bonds. The molecule has 2 rings (SSSR count). The number of hydrogen-bond donors (Lipinski definition) is 1. The average molecular weight is 244 g/mol. The van der Waals surface area contributed by atoms with Gasteiger partial charge in [0.1, 0.15) is 10.4 Å². The van der Waals surface area contributed by atoms with E-state index in [1.165, 1.54) is 25.9 Å². The van der Waals surface area contributed by atoms with Crippen LogP contribution >= 0.6 is 15.9 Å². The van der Waals surface area contributed by atoms with E-state index in [1.807, 2.05) is 6.20 Å². The molecule has 72 valence electrons. The Labute approximate surface area is 86.7 Å². The van der Waals surface area contributed by atoms with Gasteiger partial charge in [0.05, 0.1) is 6.20 Å². The topological polar surface area (TPSA) is 31.9 Å². The molecule has 0 bridgehead atoms. The standard InChI is InChI=1S/C9H14BrN3/c1-13-4-2-7(3-5-13)9-11-6-8(10)12-9/h6-7H,2-5H2,1H3,(H,11,12). The van der Waals surface area contributed by atoms with Crippen LogP contribution in [0.2, 0.25) is 0 Å². The van der Waals surface area contributed by atoms with E-state index in [4.69, 9.17) is 0 Å². The van der Waals surface area contributed by atoms with Crippen molar-refractivity contribution >= 4 is 15.9 Å². The first-order valence-electron chi connectivity index (χ1n) is 4.64. The van der Waals surface area contributed by atoms with Crippen molar-refractivity contribution in [2.24, 2.45) is 0 Å². The van der Waals surface area contributed by atoms with E-state index >= 15 is 0 Å². The lowest BCUT2D eigenvalue weighted by Crippen LogP contribution is -2.29. The molecule has 0 aromatic carbocycles. The molecule has 1 fully saturated rings. The summed E-state index contributed by atoms with van der Waals surface area (Å²) in [5.41, 5.74) is 0. The normalized spacial score (nSPS) is 20.8. The van der Waals surface area contributed by atoms with Crippen LogP contribution in [-0.2, 0) is 0 Å². The maximum Gasteiger partial charge on any atom is 0.110 e. The Balaban J connectivity index is 2.02. The van der Waals surface area contributed by atoms with Crippen LogP contribution in [0.3, 0.4) is 0 Å². The molecule has 13 heavy (non-hydrogen) atoms. The van der Waals surface area contributed by atoms with Gasteiger partial charge in [-0.25, -0.2) is 4.98 Å². The maximum absolute atomic E-state index is 4.34. The molecule has 2 heterocycles. The molecular weight excluding hydrogens is 230 g/mol. The molecule has 0 saturated carbocycles. The van der Waals surface area contributed by atoms with Gasteiger partial charge in [0.2, 0.25) is 0 Å². The van der Waals surface area contributed by atoms with E-state index in [0.29, 0.717) is 5.92 Å². The summed E-state index contributed by atoms with van der Waals surface area (Å²) in [7, 11) is 2.17. The summed E-state index contributed by atoms with van der Waals surface area (Å²) < 4.78 is 0.987.